The number of hydrogen-bond donors (Lipinski definition) is 1. The van der Waals surface area contributed by atoms with Crippen molar-refractivity contribution in [2.24, 2.45) is 0 Å². The molecule has 7 heteroatoms. The summed E-state index contributed by atoms with van der Waals surface area (Å²) in [6, 6.07) is 10.8. The first-order valence-electron chi connectivity index (χ1n) is 8.31. The highest BCUT2D eigenvalue weighted by Crippen LogP contribution is 2.34. The molecule has 6 nitrogen and oxygen atoms in total. The summed E-state index contributed by atoms with van der Waals surface area (Å²) in [6.07, 6.45) is 0.855. The Morgan fingerprint density at radius 1 is 1.00 bits per heavy atom. The standard InChI is InChI=1S/C19H17NO5S/c21-15(12-2-4-16-14(8-12)20-19(22)10-25-16)11-26-13-3-5-17-18(9-13)24-7-1-6-23-17/h2-5,8-9H,1,6-7,10-11H2,(H,20,22). The maximum Gasteiger partial charge on any atom is 0.262 e. The lowest BCUT2D eigenvalue weighted by Gasteiger charge is -2.18. The van der Waals surface area contributed by atoms with E-state index in [4.69, 9.17) is 14.2 Å². The van der Waals surface area contributed by atoms with Crippen molar-refractivity contribution in [2.75, 3.05) is 30.9 Å². The number of benzene rings is 2. The van der Waals surface area contributed by atoms with Crippen LogP contribution in [0, 0.1) is 0 Å². The minimum Gasteiger partial charge on any atom is -0.490 e. The fourth-order valence-corrected chi connectivity index (χ4v) is 3.54. The van der Waals surface area contributed by atoms with Crippen LogP contribution in [0.2, 0.25) is 0 Å². The van der Waals surface area contributed by atoms with E-state index in [9.17, 15) is 9.59 Å². The van der Waals surface area contributed by atoms with Crippen molar-refractivity contribution in [1.29, 1.82) is 0 Å². The summed E-state index contributed by atoms with van der Waals surface area (Å²) in [5, 5.41) is 2.72. The molecule has 0 unspecified atom stereocenters. The van der Waals surface area contributed by atoms with Crippen LogP contribution < -0.4 is 19.5 Å². The SMILES string of the molecule is O=C1COc2ccc(C(=O)CSc3ccc4c(c3)OCCCO4)cc2N1. The largest absolute Gasteiger partial charge is 0.490 e. The molecule has 0 spiro atoms. The number of hydrogen-bond acceptors (Lipinski definition) is 6. The predicted octanol–water partition coefficient (Wildman–Crippen LogP) is 3.15. The molecule has 2 aliphatic heterocycles. The van der Waals surface area contributed by atoms with Gasteiger partial charge in [-0.15, -0.1) is 11.8 Å². The van der Waals surface area contributed by atoms with Crippen molar-refractivity contribution in [3.8, 4) is 17.2 Å². The fourth-order valence-electron chi connectivity index (χ4n) is 2.72. The number of thioether (sulfide) groups is 1. The molecule has 2 aliphatic rings. The Balaban J connectivity index is 1.43. The molecule has 2 aromatic rings. The first-order valence-corrected chi connectivity index (χ1v) is 9.30. The van der Waals surface area contributed by atoms with Crippen molar-refractivity contribution in [2.45, 2.75) is 11.3 Å². The summed E-state index contributed by atoms with van der Waals surface area (Å²) in [4.78, 5) is 24.9. The van der Waals surface area contributed by atoms with Crippen molar-refractivity contribution in [3.63, 3.8) is 0 Å². The maximum absolute atomic E-state index is 12.5. The number of ketones is 1. The molecule has 1 amide bonds. The van der Waals surface area contributed by atoms with E-state index in [2.05, 4.69) is 5.32 Å². The molecular weight excluding hydrogens is 354 g/mol. The summed E-state index contributed by atoms with van der Waals surface area (Å²) < 4.78 is 16.6. The summed E-state index contributed by atoms with van der Waals surface area (Å²) in [5.41, 5.74) is 1.07. The molecule has 0 radical (unpaired) electrons. The molecule has 0 saturated carbocycles. The Hall–Kier alpha value is -2.67. The summed E-state index contributed by atoms with van der Waals surface area (Å²) in [6.45, 7) is 1.28. The number of amides is 1. The lowest BCUT2D eigenvalue weighted by Crippen LogP contribution is -2.25. The highest BCUT2D eigenvalue weighted by atomic mass is 32.2. The van der Waals surface area contributed by atoms with Crippen molar-refractivity contribution in [1.82, 2.24) is 0 Å². The molecule has 0 aliphatic carbocycles. The van der Waals surface area contributed by atoms with Gasteiger partial charge in [-0.25, -0.2) is 0 Å². The lowest BCUT2D eigenvalue weighted by atomic mass is 10.1. The second-order valence-corrected chi connectivity index (χ2v) is 6.97. The van der Waals surface area contributed by atoms with E-state index in [0.717, 1.165) is 17.1 Å². The molecule has 134 valence electrons. The minimum atomic E-state index is -0.219. The third kappa shape index (κ3) is 3.62. The molecule has 4 rings (SSSR count). The molecule has 0 atom stereocenters. The molecule has 0 fully saturated rings. The van der Waals surface area contributed by atoms with Crippen molar-refractivity contribution in [3.05, 3.63) is 42.0 Å². The Labute approximate surface area is 154 Å². The third-order valence-corrected chi connectivity index (χ3v) is 5.02. The zero-order chi connectivity index (χ0) is 17.9. The van der Waals surface area contributed by atoms with Gasteiger partial charge in [-0.1, -0.05) is 0 Å². The van der Waals surface area contributed by atoms with Crippen LogP contribution in [0.15, 0.2) is 41.3 Å². The number of fused-ring (bicyclic) bond motifs is 2. The van der Waals surface area contributed by atoms with Crippen LogP contribution in [0.3, 0.4) is 0 Å². The first kappa shape index (κ1) is 16.8. The van der Waals surface area contributed by atoms with E-state index in [-0.39, 0.29) is 24.1 Å². The first-order chi connectivity index (χ1) is 12.7. The van der Waals surface area contributed by atoms with E-state index < -0.39 is 0 Å². The summed E-state index contributed by atoms with van der Waals surface area (Å²) in [5.74, 6) is 2.08. The Morgan fingerprint density at radius 3 is 2.69 bits per heavy atom. The molecule has 1 N–H and O–H groups in total. The predicted molar refractivity (Wildman–Crippen MR) is 97.7 cm³/mol. The van der Waals surface area contributed by atoms with E-state index >= 15 is 0 Å². The van der Waals surface area contributed by atoms with E-state index in [1.807, 2.05) is 18.2 Å². The van der Waals surface area contributed by atoms with Crippen LogP contribution in [0.5, 0.6) is 17.2 Å². The molecule has 2 heterocycles. The second-order valence-electron chi connectivity index (χ2n) is 5.92. The average Bonchev–Trinajstić information content (AvgIpc) is 2.90. The number of ether oxygens (including phenoxy) is 3. The molecular formula is C19H17NO5S. The fraction of sp³-hybridized carbons (Fsp3) is 0.263. The lowest BCUT2D eigenvalue weighted by molar-refractivity contribution is -0.118. The van der Waals surface area contributed by atoms with Gasteiger partial charge in [-0.3, -0.25) is 9.59 Å². The van der Waals surface area contributed by atoms with Crippen molar-refractivity contribution >= 4 is 29.1 Å². The van der Waals surface area contributed by atoms with Gasteiger partial charge in [0.05, 0.1) is 24.7 Å². The van der Waals surface area contributed by atoms with E-state index in [1.54, 1.807) is 18.2 Å². The normalized spacial score (nSPS) is 15.3. The van der Waals surface area contributed by atoms with Crippen LogP contribution in [0.4, 0.5) is 5.69 Å². The number of anilines is 1. The summed E-state index contributed by atoms with van der Waals surface area (Å²) in [7, 11) is 0. The Kier molecular flexibility index (Phi) is 4.71. The van der Waals surface area contributed by atoms with Gasteiger partial charge in [-0.2, -0.15) is 0 Å². The molecule has 0 saturated heterocycles. The van der Waals surface area contributed by atoms with Gasteiger partial charge in [0.25, 0.3) is 5.91 Å². The topological polar surface area (TPSA) is 73.9 Å². The molecule has 0 bridgehead atoms. The monoisotopic (exact) mass is 371 g/mol. The molecule has 26 heavy (non-hydrogen) atoms. The number of carbonyl (C=O) groups excluding carboxylic acids is 2. The molecule has 2 aromatic carbocycles. The average molecular weight is 371 g/mol. The van der Waals surface area contributed by atoms with Crippen LogP contribution in [-0.4, -0.2) is 37.3 Å². The van der Waals surface area contributed by atoms with Gasteiger partial charge in [0, 0.05) is 16.9 Å². The summed E-state index contributed by atoms with van der Waals surface area (Å²) >= 11 is 1.44. The Morgan fingerprint density at radius 2 is 1.81 bits per heavy atom. The van der Waals surface area contributed by atoms with Crippen LogP contribution in [0.25, 0.3) is 0 Å². The highest BCUT2D eigenvalue weighted by molar-refractivity contribution is 8.00. The van der Waals surface area contributed by atoms with Gasteiger partial charge in [-0.05, 0) is 36.4 Å². The number of rotatable bonds is 4. The zero-order valence-corrected chi connectivity index (χ0v) is 14.8. The maximum atomic E-state index is 12.5. The van der Waals surface area contributed by atoms with E-state index in [1.165, 1.54) is 11.8 Å². The van der Waals surface area contributed by atoms with Crippen LogP contribution in [-0.2, 0) is 4.79 Å². The van der Waals surface area contributed by atoms with E-state index in [0.29, 0.717) is 36.0 Å². The van der Waals surface area contributed by atoms with Gasteiger partial charge in [0.15, 0.2) is 23.9 Å². The van der Waals surface area contributed by atoms with Crippen LogP contribution in [0.1, 0.15) is 16.8 Å². The highest BCUT2D eigenvalue weighted by Gasteiger charge is 2.18. The van der Waals surface area contributed by atoms with Gasteiger partial charge >= 0.3 is 0 Å². The number of Topliss-reactive ketones (excluding diaryl/α,β-unsaturated/α-hetero) is 1. The second kappa shape index (κ2) is 7.29. The number of nitrogens with one attached hydrogen (secondary N) is 1. The quantitative estimate of drug-likeness (QED) is 0.657. The number of carbonyl (C=O) groups is 2. The van der Waals surface area contributed by atoms with Gasteiger partial charge < -0.3 is 19.5 Å². The Bertz CT molecular complexity index is 867. The smallest absolute Gasteiger partial charge is 0.262 e. The van der Waals surface area contributed by atoms with Crippen LogP contribution >= 0.6 is 11.8 Å². The van der Waals surface area contributed by atoms with Gasteiger partial charge in [0.2, 0.25) is 0 Å². The molecule has 0 aromatic heterocycles. The minimum absolute atomic E-state index is 0.000257. The third-order valence-electron chi connectivity index (χ3n) is 4.02. The van der Waals surface area contributed by atoms with Gasteiger partial charge in [0.1, 0.15) is 5.75 Å². The zero-order valence-electron chi connectivity index (χ0n) is 13.9. The van der Waals surface area contributed by atoms with Crippen molar-refractivity contribution < 1.29 is 23.8 Å².